The lowest BCUT2D eigenvalue weighted by Gasteiger charge is -2.24. The Labute approximate surface area is 128 Å². The normalized spacial score (nSPS) is 19.1. The standard InChI is InChI=1S/C12H16F2N2O3S.ClH/c13-12(14)19-10-5-1-2-6-11(10)20(17,18)16-9-4-3-7-15-8-9;/h1-2,5-6,9,12,15-16H,3-4,7-8H2;1H. The van der Waals surface area contributed by atoms with Crippen LogP contribution in [0.2, 0.25) is 0 Å². The van der Waals surface area contributed by atoms with E-state index in [1.165, 1.54) is 24.3 Å². The molecule has 2 N–H and O–H groups in total. The van der Waals surface area contributed by atoms with E-state index in [0.29, 0.717) is 13.0 Å². The molecule has 0 amide bonds. The molecule has 0 saturated carbocycles. The van der Waals surface area contributed by atoms with E-state index < -0.39 is 16.6 Å². The Balaban J connectivity index is 0.00000220. The van der Waals surface area contributed by atoms with Crippen molar-refractivity contribution in [2.24, 2.45) is 0 Å². The van der Waals surface area contributed by atoms with Gasteiger partial charge in [-0.15, -0.1) is 12.4 Å². The number of halogens is 3. The fourth-order valence-electron chi connectivity index (χ4n) is 2.10. The van der Waals surface area contributed by atoms with Crippen LogP contribution >= 0.6 is 12.4 Å². The molecule has 0 spiro atoms. The smallest absolute Gasteiger partial charge is 0.387 e. The predicted octanol–water partition coefficient (Wildman–Crippen LogP) is 1.74. The molecule has 21 heavy (non-hydrogen) atoms. The summed E-state index contributed by atoms with van der Waals surface area (Å²) in [5.41, 5.74) is 0. The number of alkyl halides is 2. The van der Waals surface area contributed by atoms with E-state index in [1.807, 2.05) is 0 Å². The van der Waals surface area contributed by atoms with Crippen LogP contribution in [-0.2, 0) is 10.0 Å². The Morgan fingerprint density at radius 3 is 2.67 bits per heavy atom. The lowest BCUT2D eigenvalue weighted by atomic mass is 10.1. The fourth-order valence-corrected chi connectivity index (χ4v) is 3.51. The predicted molar refractivity (Wildman–Crippen MR) is 76.5 cm³/mol. The summed E-state index contributed by atoms with van der Waals surface area (Å²) in [4.78, 5) is -0.272. The van der Waals surface area contributed by atoms with Crippen molar-refractivity contribution in [3.63, 3.8) is 0 Å². The maximum absolute atomic E-state index is 12.3. The highest BCUT2D eigenvalue weighted by Gasteiger charge is 2.25. The van der Waals surface area contributed by atoms with Crippen molar-refractivity contribution < 1.29 is 21.9 Å². The third kappa shape index (κ3) is 5.06. The van der Waals surface area contributed by atoms with Gasteiger partial charge in [-0.2, -0.15) is 8.78 Å². The Morgan fingerprint density at radius 1 is 1.33 bits per heavy atom. The number of benzene rings is 1. The van der Waals surface area contributed by atoms with E-state index in [9.17, 15) is 17.2 Å². The lowest BCUT2D eigenvalue weighted by Crippen LogP contribution is -2.45. The van der Waals surface area contributed by atoms with Gasteiger partial charge in [0.1, 0.15) is 10.6 Å². The highest BCUT2D eigenvalue weighted by atomic mass is 35.5. The molecule has 9 heteroatoms. The average molecular weight is 343 g/mol. The summed E-state index contributed by atoms with van der Waals surface area (Å²) in [7, 11) is -3.88. The summed E-state index contributed by atoms with van der Waals surface area (Å²) >= 11 is 0. The maximum atomic E-state index is 12.3. The molecule has 1 aromatic rings. The number of hydrogen-bond acceptors (Lipinski definition) is 4. The molecule has 1 aliphatic heterocycles. The second-order valence-electron chi connectivity index (χ2n) is 4.49. The van der Waals surface area contributed by atoms with Crippen LogP contribution in [-0.4, -0.2) is 34.2 Å². The summed E-state index contributed by atoms with van der Waals surface area (Å²) in [6.07, 6.45) is 1.58. The Kier molecular flexibility index (Phi) is 6.79. The molecule has 1 aromatic carbocycles. The van der Waals surface area contributed by atoms with Gasteiger partial charge in [0.2, 0.25) is 10.0 Å². The molecule has 5 nitrogen and oxygen atoms in total. The lowest BCUT2D eigenvalue weighted by molar-refractivity contribution is -0.0517. The van der Waals surface area contributed by atoms with Gasteiger partial charge in [0, 0.05) is 12.6 Å². The largest absolute Gasteiger partial charge is 0.433 e. The van der Waals surface area contributed by atoms with Crippen molar-refractivity contribution in [3.05, 3.63) is 24.3 Å². The van der Waals surface area contributed by atoms with E-state index in [4.69, 9.17) is 0 Å². The molecule has 0 radical (unpaired) electrons. The minimum Gasteiger partial charge on any atom is -0.433 e. The van der Waals surface area contributed by atoms with Crippen molar-refractivity contribution in [1.82, 2.24) is 10.0 Å². The first kappa shape index (κ1) is 18.1. The van der Waals surface area contributed by atoms with Gasteiger partial charge in [-0.05, 0) is 31.5 Å². The fraction of sp³-hybridized carbons (Fsp3) is 0.500. The summed E-state index contributed by atoms with van der Waals surface area (Å²) in [5, 5.41) is 3.08. The van der Waals surface area contributed by atoms with Crippen LogP contribution in [0, 0.1) is 0 Å². The van der Waals surface area contributed by atoms with Crippen LogP contribution in [0.25, 0.3) is 0 Å². The van der Waals surface area contributed by atoms with Gasteiger partial charge < -0.3 is 10.1 Å². The first-order valence-electron chi connectivity index (χ1n) is 6.26. The number of nitrogens with one attached hydrogen (secondary N) is 2. The zero-order valence-corrected chi connectivity index (χ0v) is 12.7. The van der Waals surface area contributed by atoms with Gasteiger partial charge >= 0.3 is 6.61 Å². The minimum absolute atomic E-state index is 0. The van der Waals surface area contributed by atoms with Gasteiger partial charge in [0.15, 0.2) is 0 Å². The minimum atomic E-state index is -3.88. The van der Waals surface area contributed by atoms with Crippen LogP contribution in [0.15, 0.2) is 29.2 Å². The molecule has 0 aromatic heterocycles. The summed E-state index contributed by atoms with van der Waals surface area (Å²) in [6, 6.07) is 5.12. The summed E-state index contributed by atoms with van der Waals surface area (Å²) < 4.78 is 55.8. The van der Waals surface area contributed by atoms with E-state index >= 15 is 0 Å². The molecule has 1 atom stereocenters. The summed E-state index contributed by atoms with van der Waals surface area (Å²) in [6.45, 7) is -1.69. The number of para-hydroxylation sites is 1. The second kappa shape index (κ2) is 7.88. The van der Waals surface area contributed by atoms with Gasteiger partial charge in [-0.25, -0.2) is 13.1 Å². The number of ether oxygens (including phenoxy) is 1. The van der Waals surface area contributed by atoms with Crippen LogP contribution < -0.4 is 14.8 Å². The first-order chi connectivity index (χ1) is 9.49. The average Bonchev–Trinajstić information content (AvgIpc) is 2.39. The Hall–Kier alpha value is -0.960. The summed E-state index contributed by atoms with van der Waals surface area (Å²) in [5.74, 6) is -0.348. The molecule has 1 aliphatic rings. The van der Waals surface area contributed by atoms with Crippen molar-refractivity contribution in [1.29, 1.82) is 0 Å². The molecule has 1 unspecified atom stereocenters. The van der Waals surface area contributed by atoms with Crippen molar-refractivity contribution in [2.75, 3.05) is 13.1 Å². The Bertz CT molecular complexity index is 551. The molecule has 1 heterocycles. The highest BCUT2D eigenvalue weighted by molar-refractivity contribution is 7.89. The quantitative estimate of drug-likeness (QED) is 0.855. The third-order valence-electron chi connectivity index (χ3n) is 2.97. The zero-order chi connectivity index (χ0) is 14.6. The van der Waals surface area contributed by atoms with Gasteiger partial charge in [-0.3, -0.25) is 0 Å². The van der Waals surface area contributed by atoms with Crippen LogP contribution in [0.3, 0.4) is 0 Å². The van der Waals surface area contributed by atoms with Crippen LogP contribution in [0.5, 0.6) is 5.75 Å². The maximum Gasteiger partial charge on any atom is 0.387 e. The third-order valence-corrected chi connectivity index (χ3v) is 4.53. The second-order valence-corrected chi connectivity index (χ2v) is 6.17. The molecule has 1 fully saturated rings. The van der Waals surface area contributed by atoms with Crippen molar-refractivity contribution >= 4 is 22.4 Å². The van der Waals surface area contributed by atoms with Gasteiger partial charge in [0.25, 0.3) is 0 Å². The van der Waals surface area contributed by atoms with Crippen molar-refractivity contribution in [2.45, 2.75) is 30.4 Å². The SMILES string of the molecule is Cl.O=S(=O)(NC1CCCNC1)c1ccccc1OC(F)F. The molecule has 1 saturated heterocycles. The molecular weight excluding hydrogens is 326 g/mol. The van der Waals surface area contributed by atoms with E-state index in [-0.39, 0.29) is 29.1 Å². The van der Waals surface area contributed by atoms with E-state index in [0.717, 1.165) is 13.0 Å². The Morgan fingerprint density at radius 2 is 2.05 bits per heavy atom. The first-order valence-corrected chi connectivity index (χ1v) is 7.74. The highest BCUT2D eigenvalue weighted by Crippen LogP contribution is 2.25. The molecular formula is C12H17ClF2N2O3S. The number of sulfonamides is 1. The van der Waals surface area contributed by atoms with E-state index in [1.54, 1.807) is 0 Å². The molecule has 0 bridgehead atoms. The van der Waals surface area contributed by atoms with Crippen LogP contribution in [0.4, 0.5) is 8.78 Å². The monoisotopic (exact) mass is 342 g/mol. The van der Waals surface area contributed by atoms with Gasteiger partial charge in [0.05, 0.1) is 0 Å². The number of rotatable bonds is 5. The number of hydrogen-bond donors (Lipinski definition) is 2. The number of piperidine rings is 1. The topological polar surface area (TPSA) is 67.4 Å². The van der Waals surface area contributed by atoms with E-state index in [2.05, 4.69) is 14.8 Å². The molecule has 120 valence electrons. The molecule has 2 rings (SSSR count). The van der Waals surface area contributed by atoms with Gasteiger partial charge in [-0.1, -0.05) is 12.1 Å². The van der Waals surface area contributed by atoms with Crippen LogP contribution in [0.1, 0.15) is 12.8 Å². The molecule has 0 aliphatic carbocycles. The van der Waals surface area contributed by atoms with Crippen molar-refractivity contribution in [3.8, 4) is 5.75 Å². The zero-order valence-electron chi connectivity index (χ0n) is 11.1.